The Labute approximate surface area is 144 Å². The lowest BCUT2D eigenvalue weighted by Crippen LogP contribution is -1.90. The summed E-state index contributed by atoms with van der Waals surface area (Å²) in [7, 11) is 0. The summed E-state index contributed by atoms with van der Waals surface area (Å²) in [4.78, 5) is 4.76. The van der Waals surface area contributed by atoms with Crippen LogP contribution in [0.3, 0.4) is 0 Å². The Morgan fingerprint density at radius 2 is 1.42 bits per heavy atom. The zero-order chi connectivity index (χ0) is 16.5. The minimum Gasteiger partial charge on any atom is -0.248 e. The number of para-hydroxylation sites is 1. The van der Waals surface area contributed by atoms with Gasteiger partial charge in [-0.3, -0.25) is 0 Å². The molecule has 0 atom stereocenters. The first kappa shape index (κ1) is 14.9. The van der Waals surface area contributed by atoms with Crippen molar-refractivity contribution in [1.82, 2.24) is 4.98 Å². The number of hydrogen-bond acceptors (Lipinski definition) is 1. The minimum absolute atomic E-state index is 0.241. The molecular formula is C21H13ClFN. The molecular weight excluding hydrogens is 321 g/mol. The van der Waals surface area contributed by atoms with Gasteiger partial charge in [0.15, 0.2) is 0 Å². The lowest BCUT2D eigenvalue weighted by atomic mass is 9.98. The molecule has 0 bridgehead atoms. The summed E-state index contributed by atoms with van der Waals surface area (Å²) in [5.74, 6) is -0.241. The maximum Gasteiger partial charge on any atom is 0.123 e. The van der Waals surface area contributed by atoms with E-state index in [1.54, 1.807) is 12.1 Å². The fourth-order valence-electron chi connectivity index (χ4n) is 2.81. The summed E-state index contributed by atoms with van der Waals surface area (Å²) < 4.78 is 13.3. The van der Waals surface area contributed by atoms with Crippen LogP contribution in [-0.4, -0.2) is 4.98 Å². The van der Waals surface area contributed by atoms with E-state index in [1.807, 2.05) is 54.6 Å². The molecule has 0 saturated heterocycles. The van der Waals surface area contributed by atoms with Gasteiger partial charge in [0, 0.05) is 16.0 Å². The maximum atomic E-state index is 13.3. The second-order valence-corrected chi connectivity index (χ2v) is 6.02. The lowest BCUT2D eigenvalue weighted by Gasteiger charge is -2.10. The number of hydrogen-bond donors (Lipinski definition) is 0. The molecule has 0 aliphatic heterocycles. The second-order valence-electron chi connectivity index (χ2n) is 5.59. The fourth-order valence-corrected chi connectivity index (χ4v) is 2.94. The van der Waals surface area contributed by atoms with Gasteiger partial charge in [0.05, 0.1) is 11.2 Å². The molecule has 0 fully saturated rings. The van der Waals surface area contributed by atoms with Gasteiger partial charge in [-0.15, -0.1) is 0 Å². The Morgan fingerprint density at radius 1 is 0.750 bits per heavy atom. The normalized spacial score (nSPS) is 10.9. The molecule has 1 heterocycles. The van der Waals surface area contributed by atoms with Crippen molar-refractivity contribution in [2.45, 2.75) is 0 Å². The van der Waals surface area contributed by atoms with Gasteiger partial charge in [-0.1, -0.05) is 54.1 Å². The molecule has 116 valence electrons. The summed E-state index contributed by atoms with van der Waals surface area (Å²) in [6, 6.07) is 24.2. The molecule has 0 saturated carbocycles. The smallest absolute Gasteiger partial charge is 0.123 e. The van der Waals surface area contributed by atoms with E-state index in [1.165, 1.54) is 12.1 Å². The Morgan fingerprint density at radius 3 is 2.17 bits per heavy atom. The number of rotatable bonds is 2. The highest BCUT2D eigenvalue weighted by Crippen LogP contribution is 2.32. The lowest BCUT2D eigenvalue weighted by molar-refractivity contribution is 0.628. The first-order valence-corrected chi connectivity index (χ1v) is 8.00. The van der Waals surface area contributed by atoms with Crippen molar-refractivity contribution in [3.8, 4) is 22.4 Å². The van der Waals surface area contributed by atoms with E-state index < -0.39 is 0 Å². The van der Waals surface area contributed by atoms with Crippen molar-refractivity contribution in [2.24, 2.45) is 0 Å². The van der Waals surface area contributed by atoms with E-state index in [4.69, 9.17) is 16.6 Å². The highest BCUT2D eigenvalue weighted by molar-refractivity contribution is 6.30. The largest absolute Gasteiger partial charge is 0.248 e. The van der Waals surface area contributed by atoms with Gasteiger partial charge in [-0.05, 0) is 47.5 Å². The Balaban J connectivity index is 1.97. The van der Waals surface area contributed by atoms with Crippen LogP contribution in [0.5, 0.6) is 0 Å². The van der Waals surface area contributed by atoms with Crippen LogP contribution in [0.4, 0.5) is 4.39 Å². The number of nitrogens with zero attached hydrogens (tertiary/aromatic N) is 1. The molecule has 3 aromatic carbocycles. The van der Waals surface area contributed by atoms with Crippen molar-refractivity contribution in [3.63, 3.8) is 0 Å². The summed E-state index contributed by atoms with van der Waals surface area (Å²) in [6.45, 7) is 0. The van der Waals surface area contributed by atoms with Gasteiger partial charge in [0.25, 0.3) is 0 Å². The zero-order valence-corrected chi connectivity index (χ0v) is 13.5. The van der Waals surface area contributed by atoms with Gasteiger partial charge in [-0.25, -0.2) is 9.37 Å². The van der Waals surface area contributed by atoms with Crippen LogP contribution >= 0.6 is 11.6 Å². The number of halogens is 2. The Bertz CT molecular complexity index is 1010. The fraction of sp³-hybridized carbons (Fsp3) is 0. The van der Waals surface area contributed by atoms with Crippen LogP contribution in [0.15, 0.2) is 78.9 Å². The summed E-state index contributed by atoms with van der Waals surface area (Å²) in [5, 5.41) is 1.74. The predicted molar refractivity (Wildman–Crippen MR) is 97.6 cm³/mol. The molecule has 0 spiro atoms. The van der Waals surface area contributed by atoms with Crippen molar-refractivity contribution < 1.29 is 4.39 Å². The van der Waals surface area contributed by atoms with Crippen LogP contribution in [-0.2, 0) is 0 Å². The molecule has 0 radical (unpaired) electrons. The zero-order valence-electron chi connectivity index (χ0n) is 12.7. The molecule has 3 heteroatoms. The van der Waals surface area contributed by atoms with E-state index in [-0.39, 0.29) is 5.82 Å². The van der Waals surface area contributed by atoms with Crippen LogP contribution < -0.4 is 0 Å². The molecule has 0 aliphatic rings. The topological polar surface area (TPSA) is 12.9 Å². The average molecular weight is 334 g/mol. The summed E-state index contributed by atoms with van der Waals surface area (Å²) >= 11 is 5.98. The van der Waals surface area contributed by atoms with E-state index >= 15 is 0 Å². The van der Waals surface area contributed by atoms with Gasteiger partial charge in [0.1, 0.15) is 5.82 Å². The van der Waals surface area contributed by atoms with Crippen LogP contribution in [0.25, 0.3) is 33.3 Å². The molecule has 4 aromatic rings. The SMILES string of the molecule is Fc1ccc(-c2cc(-c3ccc(Cl)cc3)nc3ccccc23)cc1. The molecule has 0 amide bonds. The number of fused-ring (bicyclic) bond motifs is 1. The number of pyridine rings is 1. The first-order valence-electron chi connectivity index (χ1n) is 7.62. The maximum absolute atomic E-state index is 13.3. The third-order valence-electron chi connectivity index (χ3n) is 4.01. The van der Waals surface area contributed by atoms with Crippen molar-refractivity contribution in [1.29, 1.82) is 0 Å². The molecule has 0 aliphatic carbocycles. The van der Waals surface area contributed by atoms with Gasteiger partial charge in [-0.2, -0.15) is 0 Å². The minimum atomic E-state index is -0.241. The molecule has 24 heavy (non-hydrogen) atoms. The first-order chi connectivity index (χ1) is 11.7. The second kappa shape index (κ2) is 6.06. The molecule has 0 N–H and O–H groups in total. The van der Waals surface area contributed by atoms with Crippen LogP contribution in [0, 0.1) is 5.82 Å². The summed E-state index contributed by atoms with van der Waals surface area (Å²) in [5.41, 5.74) is 4.76. The monoisotopic (exact) mass is 333 g/mol. The highest BCUT2D eigenvalue weighted by Gasteiger charge is 2.09. The van der Waals surface area contributed by atoms with E-state index in [2.05, 4.69) is 0 Å². The van der Waals surface area contributed by atoms with Crippen molar-refractivity contribution >= 4 is 22.5 Å². The van der Waals surface area contributed by atoms with Gasteiger partial charge >= 0.3 is 0 Å². The molecule has 4 rings (SSSR count). The molecule has 1 aromatic heterocycles. The predicted octanol–water partition coefficient (Wildman–Crippen LogP) is 6.36. The highest BCUT2D eigenvalue weighted by atomic mass is 35.5. The third kappa shape index (κ3) is 2.77. The average Bonchev–Trinajstić information content (AvgIpc) is 2.62. The van der Waals surface area contributed by atoms with Crippen LogP contribution in [0.1, 0.15) is 0 Å². The van der Waals surface area contributed by atoms with Crippen molar-refractivity contribution in [3.05, 3.63) is 89.7 Å². The quantitative estimate of drug-likeness (QED) is 0.416. The standard InChI is InChI=1S/C21H13ClFN/c22-16-9-5-15(6-10-16)21-13-19(14-7-11-17(23)12-8-14)18-3-1-2-4-20(18)24-21/h1-13H. The summed E-state index contributed by atoms with van der Waals surface area (Å²) in [6.07, 6.45) is 0. The van der Waals surface area contributed by atoms with Gasteiger partial charge < -0.3 is 0 Å². The third-order valence-corrected chi connectivity index (χ3v) is 4.26. The van der Waals surface area contributed by atoms with Gasteiger partial charge in [0.2, 0.25) is 0 Å². The van der Waals surface area contributed by atoms with Crippen molar-refractivity contribution in [2.75, 3.05) is 0 Å². The van der Waals surface area contributed by atoms with Crippen LogP contribution in [0.2, 0.25) is 5.02 Å². The number of benzene rings is 3. The Kier molecular flexibility index (Phi) is 3.75. The van der Waals surface area contributed by atoms with E-state index in [0.717, 1.165) is 33.3 Å². The van der Waals surface area contributed by atoms with E-state index in [0.29, 0.717) is 5.02 Å². The molecule has 1 nitrogen and oxygen atoms in total. The number of aromatic nitrogens is 1. The van der Waals surface area contributed by atoms with E-state index in [9.17, 15) is 4.39 Å². The molecule has 0 unspecified atom stereocenters. The Hall–Kier alpha value is -2.71.